The lowest BCUT2D eigenvalue weighted by Gasteiger charge is -2.06. The molecule has 150 valence electrons. The van der Waals surface area contributed by atoms with Gasteiger partial charge in [-0.15, -0.1) is 0 Å². The summed E-state index contributed by atoms with van der Waals surface area (Å²) in [4.78, 5) is 35.8. The van der Waals surface area contributed by atoms with Crippen molar-refractivity contribution < 1.29 is 4.79 Å². The molecule has 10 heteroatoms. The van der Waals surface area contributed by atoms with Gasteiger partial charge in [0, 0.05) is 36.1 Å². The number of carbonyl (C=O) groups is 1. The van der Waals surface area contributed by atoms with Crippen molar-refractivity contribution in [3.05, 3.63) is 54.4 Å². The van der Waals surface area contributed by atoms with E-state index >= 15 is 0 Å². The molecule has 31 heavy (non-hydrogen) atoms. The van der Waals surface area contributed by atoms with E-state index in [1.807, 2.05) is 12.1 Å². The molecule has 0 fully saturated rings. The quantitative estimate of drug-likeness (QED) is 0.387. The van der Waals surface area contributed by atoms with Crippen LogP contribution in [-0.4, -0.2) is 41.0 Å². The highest BCUT2D eigenvalue weighted by molar-refractivity contribution is 5.95. The third-order valence-electron chi connectivity index (χ3n) is 4.80. The third-order valence-corrected chi connectivity index (χ3v) is 4.80. The van der Waals surface area contributed by atoms with Gasteiger partial charge in [0.25, 0.3) is 0 Å². The Morgan fingerprint density at radius 1 is 1.16 bits per heavy atom. The van der Waals surface area contributed by atoms with Crippen LogP contribution in [0.5, 0.6) is 0 Å². The molecule has 5 aromatic heterocycles. The van der Waals surface area contributed by atoms with Crippen molar-refractivity contribution in [3.8, 4) is 22.6 Å². The number of amides is 1. The van der Waals surface area contributed by atoms with Gasteiger partial charge >= 0.3 is 0 Å². The van der Waals surface area contributed by atoms with Crippen molar-refractivity contribution >= 4 is 39.5 Å². The van der Waals surface area contributed by atoms with Gasteiger partial charge in [-0.1, -0.05) is 6.92 Å². The Morgan fingerprint density at radius 2 is 2.03 bits per heavy atom. The number of imidazole rings is 1. The lowest BCUT2D eigenvalue weighted by molar-refractivity contribution is -0.115. The summed E-state index contributed by atoms with van der Waals surface area (Å²) in [5.74, 6) is 0.410. The number of rotatable bonds is 4. The minimum absolute atomic E-state index is 0.0815. The van der Waals surface area contributed by atoms with Crippen LogP contribution in [0, 0.1) is 6.57 Å². The first-order valence-electron chi connectivity index (χ1n) is 9.48. The SMILES string of the molecule is [C-]#[N+]c1ccnc2[nH]c(-c3n[nH]c4ncc(-c5cncc(NC(=O)CC)c5)cc34)nc12. The maximum absolute atomic E-state index is 11.7. The zero-order valence-corrected chi connectivity index (χ0v) is 16.3. The molecule has 0 radical (unpaired) electrons. The minimum atomic E-state index is -0.0815. The second kappa shape index (κ2) is 7.31. The zero-order chi connectivity index (χ0) is 21.4. The summed E-state index contributed by atoms with van der Waals surface area (Å²) < 4.78 is 0. The number of fused-ring (bicyclic) bond motifs is 2. The second-order valence-electron chi connectivity index (χ2n) is 6.78. The van der Waals surface area contributed by atoms with Crippen molar-refractivity contribution in [2.75, 3.05) is 5.32 Å². The maximum atomic E-state index is 11.7. The third kappa shape index (κ3) is 3.24. The molecule has 0 atom stereocenters. The van der Waals surface area contributed by atoms with Crippen LogP contribution in [0.2, 0.25) is 0 Å². The van der Waals surface area contributed by atoms with E-state index in [0.29, 0.717) is 46.1 Å². The summed E-state index contributed by atoms with van der Waals surface area (Å²) in [6.45, 7) is 9.11. The van der Waals surface area contributed by atoms with E-state index in [0.717, 1.165) is 16.5 Å². The number of nitrogens with one attached hydrogen (secondary N) is 3. The van der Waals surface area contributed by atoms with Crippen LogP contribution in [0.1, 0.15) is 13.3 Å². The number of anilines is 1. The lowest BCUT2D eigenvalue weighted by Crippen LogP contribution is -2.09. The van der Waals surface area contributed by atoms with Gasteiger partial charge in [-0.3, -0.25) is 14.9 Å². The van der Waals surface area contributed by atoms with Crippen LogP contribution in [0.4, 0.5) is 11.4 Å². The monoisotopic (exact) mass is 409 g/mol. The van der Waals surface area contributed by atoms with Crippen molar-refractivity contribution in [1.82, 2.24) is 35.1 Å². The molecule has 0 saturated heterocycles. The highest BCUT2D eigenvalue weighted by Gasteiger charge is 2.16. The molecule has 0 aliphatic carbocycles. The van der Waals surface area contributed by atoms with Gasteiger partial charge in [0.05, 0.1) is 23.8 Å². The van der Waals surface area contributed by atoms with Crippen LogP contribution >= 0.6 is 0 Å². The molecular formula is C21H15N9O. The Morgan fingerprint density at radius 3 is 2.87 bits per heavy atom. The van der Waals surface area contributed by atoms with E-state index < -0.39 is 0 Å². The van der Waals surface area contributed by atoms with Gasteiger partial charge in [0.15, 0.2) is 11.5 Å². The molecule has 0 bridgehead atoms. The van der Waals surface area contributed by atoms with Crippen molar-refractivity contribution in [2.24, 2.45) is 0 Å². The highest BCUT2D eigenvalue weighted by Crippen LogP contribution is 2.31. The van der Waals surface area contributed by atoms with Gasteiger partial charge in [0.1, 0.15) is 16.9 Å². The van der Waals surface area contributed by atoms with E-state index in [1.165, 1.54) is 0 Å². The van der Waals surface area contributed by atoms with E-state index in [4.69, 9.17) is 6.57 Å². The number of hydrogen-bond donors (Lipinski definition) is 3. The van der Waals surface area contributed by atoms with Gasteiger partial charge in [0.2, 0.25) is 11.6 Å². The van der Waals surface area contributed by atoms with Gasteiger partial charge < -0.3 is 10.3 Å². The van der Waals surface area contributed by atoms with Gasteiger partial charge in [-0.05, 0) is 18.2 Å². The second-order valence-corrected chi connectivity index (χ2v) is 6.78. The lowest BCUT2D eigenvalue weighted by atomic mass is 10.1. The summed E-state index contributed by atoms with van der Waals surface area (Å²) >= 11 is 0. The Balaban J connectivity index is 1.59. The van der Waals surface area contributed by atoms with Crippen LogP contribution in [-0.2, 0) is 4.79 Å². The number of nitrogens with zero attached hydrogens (tertiary/aromatic N) is 6. The highest BCUT2D eigenvalue weighted by atomic mass is 16.1. The summed E-state index contributed by atoms with van der Waals surface area (Å²) in [6.07, 6.45) is 6.97. The first kappa shape index (κ1) is 18.4. The molecule has 0 spiro atoms. The number of aromatic nitrogens is 7. The molecule has 0 aliphatic heterocycles. The summed E-state index contributed by atoms with van der Waals surface area (Å²) in [5, 5.41) is 10.8. The molecule has 0 aliphatic rings. The van der Waals surface area contributed by atoms with Crippen LogP contribution in [0.25, 0.3) is 49.7 Å². The van der Waals surface area contributed by atoms with Crippen LogP contribution in [0.3, 0.4) is 0 Å². The van der Waals surface area contributed by atoms with E-state index in [-0.39, 0.29) is 5.91 Å². The zero-order valence-electron chi connectivity index (χ0n) is 16.3. The Bertz CT molecular complexity index is 1490. The first-order valence-corrected chi connectivity index (χ1v) is 9.48. The van der Waals surface area contributed by atoms with E-state index in [1.54, 1.807) is 37.8 Å². The number of hydrogen-bond acceptors (Lipinski definition) is 6. The molecule has 0 saturated carbocycles. The molecule has 5 aromatic rings. The maximum Gasteiger partial charge on any atom is 0.224 e. The summed E-state index contributed by atoms with van der Waals surface area (Å²) in [5.41, 5.74) is 4.84. The fraction of sp³-hybridized carbons (Fsp3) is 0.0952. The Labute approximate surface area is 175 Å². The summed E-state index contributed by atoms with van der Waals surface area (Å²) in [7, 11) is 0. The largest absolute Gasteiger partial charge is 0.325 e. The number of aromatic amines is 2. The normalized spacial score (nSPS) is 11.0. The average Bonchev–Trinajstić information content (AvgIpc) is 3.42. The predicted molar refractivity (Wildman–Crippen MR) is 115 cm³/mol. The Kier molecular flexibility index (Phi) is 4.33. The van der Waals surface area contributed by atoms with Crippen molar-refractivity contribution in [2.45, 2.75) is 13.3 Å². The minimum Gasteiger partial charge on any atom is -0.325 e. The van der Waals surface area contributed by atoms with Crippen molar-refractivity contribution in [1.29, 1.82) is 0 Å². The molecule has 0 unspecified atom stereocenters. The smallest absolute Gasteiger partial charge is 0.224 e. The fourth-order valence-corrected chi connectivity index (χ4v) is 3.26. The molecule has 0 aromatic carbocycles. The molecule has 5 heterocycles. The Hall–Kier alpha value is -4.65. The van der Waals surface area contributed by atoms with E-state index in [9.17, 15) is 4.79 Å². The standard InChI is InChI=1S/C21H15N9O/c1-3-16(31)26-13-6-11(8-23-10-13)12-7-14-17(29-30-19(14)25-9-12)21-27-18-15(22-2)4-5-24-20(18)28-21/h4-10H,3H2,1H3,(H,26,31)(H,24,27,28)(H,25,29,30). The first-order chi connectivity index (χ1) is 15.2. The molecule has 10 nitrogen and oxygen atoms in total. The number of H-pyrrole nitrogens is 2. The molecule has 3 N–H and O–H groups in total. The molecular weight excluding hydrogens is 394 g/mol. The number of pyridine rings is 3. The van der Waals surface area contributed by atoms with Crippen LogP contribution < -0.4 is 5.32 Å². The number of carbonyl (C=O) groups excluding carboxylic acids is 1. The van der Waals surface area contributed by atoms with Gasteiger partial charge in [-0.25, -0.2) is 19.8 Å². The topological polar surface area (TPSA) is 129 Å². The van der Waals surface area contributed by atoms with Crippen LogP contribution in [0.15, 0.2) is 43.0 Å². The van der Waals surface area contributed by atoms with E-state index in [2.05, 4.69) is 45.3 Å². The summed E-state index contributed by atoms with van der Waals surface area (Å²) in [6, 6.07) is 5.40. The van der Waals surface area contributed by atoms with Gasteiger partial charge in [-0.2, -0.15) is 5.10 Å². The molecule has 1 amide bonds. The molecule has 5 rings (SSSR count). The van der Waals surface area contributed by atoms with Crippen molar-refractivity contribution in [3.63, 3.8) is 0 Å². The predicted octanol–water partition coefficient (Wildman–Crippen LogP) is 3.86. The fourth-order valence-electron chi connectivity index (χ4n) is 3.26. The average molecular weight is 409 g/mol.